The van der Waals surface area contributed by atoms with Gasteiger partial charge in [0.1, 0.15) is 0 Å². The lowest BCUT2D eigenvalue weighted by Gasteiger charge is -2.07. The van der Waals surface area contributed by atoms with E-state index in [9.17, 15) is 9.90 Å². The molecule has 2 N–H and O–H groups in total. The second-order valence-corrected chi connectivity index (χ2v) is 5.00. The number of thiophene rings is 1. The Morgan fingerprint density at radius 2 is 2.06 bits per heavy atom. The van der Waals surface area contributed by atoms with Crippen molar-refractivity contribution in [2.24, 2.45) is 0 Å². The van der Waals surface area contributed by atoms with Crippen LogP contribution in [0.5, 0.6) is 0 Å². The van der Waals surface area contributed by atoms with Crippen LogP contribution in [-0.4, -0.2) is 23.7 Å². The summed E-state index contributed by atoms with van der Waals surface area (Å²) in [5, 5.41) is 13.8. The molecule has 0 saturated heterocycles. The number of hydrogen-bond acceptors (Lipinski definition) is 3. The van der Waals surface area contributed by atoms with Gasteiger partial charge in [-0.3, -0.25) is 4.79 Å². The second-order valence-electron chi connectivity index (χ2n) is 4.09. The van der Waals surface area contributed by atoms with Gasteiger partial charge in [0.15, 0.2) is 0 Å². The third-order valence-electron chi connectivity index (χ3n) is 2.51. The number of rotatable bonds is 4. The van der Waals surface area contributed by atoms with E-state index in [2.05, 4.69) is 5.32 Å². The van der Waals surface area contributed by atoms with E-state index >= 15 is 0 Å². The average Bonchev–Trinajstić information content (AvgIpc) is 2.86. The molecule has 0 fully saturated rings. The minimum Gasteiger partial charge on any atom is -0.392 e. The van der Waals surface area contributed by atoms with E-state index in [4.69, 9.17) is 0 Å². The maximum absolute atomic E-state index is 12.0. The van der Waals surface area contributed by atoms with Gasteiger partial charge in [0.05, 0.1) is 11.0 Å². The van der Waals surface area contributed by atoms with Gasteiger partial charge in [0.2, 0.25) is 0 Å². The van der Waals surface area contributed by atoms with Crippen molar-refractivity contribution in [2.45, 2.75) is 13.0 Å². The number of carbonyl (C=O) groups excluding carboxylic acids is 1. The van der Waals surface area contributed by atoms with Crippen LogP contribution in [0, 0.1) is 0 Å². The molecule has 0 bridgehead atoms. The fourth-order valence-corrected chi connectivity index (χ4v) is 2.48. The minimum atomic E-state index is -0.533. The molecule has 2 aromatic rings. The molecule has 0 radical (unpaired) electrons. The monoisotopic (exact) mass is 261 g/mol. The van der Waals surface area contributed by atoms with Crippen molar-refractivity contribution in [3.8, 4) is 11.1 Å². The normalized spacial score (nSPS) is 12.1. The van der Waals surface area contributed by atoms with Gasteiger partial charge in [0.25, 0.3) is 5.91 Å². The lowest BCUT2D eigenvalue weighted by atomic mass is 10.1. The Morgan fingerprint density at radius 3 is 2.72 bits per heavy atom. The number of carbonyl (C=O) groups is 1. The molecule has 1 heterocycles. The third kappa shape index (κ3) is 2.97. The molecule has 0 aliphatic carbocycles. The highest BCUT2D eigenvalue weighted by molar-refractivity contribution is 7.12. The van der Waals surface area contributed by atoms with Crippen LogP contribution in [0.15, 0.2) is 41.8 Å². The summed E-state index contributed by atoms with van der Waals surface area (Å²) in [6, 6.07) is 11.7. The molecular formula is C14H15NO2S. The van der Waals surface area contributed by atoms with Crippen LogP contribution in [0.3, 0.4) is 0 Å². The van der Waals surface area contributed by atoms with Crippen LogP contribution < -0.4 is 5.32 Å². The molecule has 0 saturated carbocycles. The number of aliphatic hydroxyl groups excluding tert-OH is 1. The first-order valence-corrected chi connectivity index (χ1v) is 6.65. The van der Waals surface area contributed by atoms with Crippen molar-refractivity contribution in [1.29, 1.82) is 0 Å². The predicted molar refractivity (Wildman–Crippen MR) is 73.8 cm³/mol. The van der Waals surface area contributed by atoms with E-state index in [1.807, 2.05) is 41.8 Å². The molecule has 1 amide bonds. The molecular weight excluding hydrogens is 246 g/mol. The molecule has 0 aliphatic rings. The van der Waals surface area contributed by atoms with E-state index in [1.165, 1.54) is 11.3 Å². The molecule has 0 spiro atoms. The zero-order valence-corrected chi connectivity index (χ0v) is 10.9. The zero-order chi connectivity index (χ0) is 13.0. The van der Waals surface area contributed by atoms with Crippen molar-refractivity contribution in [3.63, 3.8) is 0 Å². The average molecular weight is 261 g/mol. The molecule has 3 nitrogen and oxygen atoms in total. The molecule has 4 heteroatoms. The van der Waals surface area contributed by atoms with Gasteiger partial charge in [-0.1, -0.05) is 30.3 Å². The van der Waals surface area contributed by atoms with Crippen molar-refractivity contribution in [2.75, 3.05) is 6.54 Å². The summed E-state index contributed by atoms with van der Waals surface area (Å²) in [6.07, 6.45) is -0.533. The lowest BCUT2D eigenvalue weighted by molar-refractivity contribution is 0.0928. The fourth-order valence-electron chi connectivity index (χ4n) is 1.65. The summed E-state index contributed by atoms with van der Waals surface area (Å²) in [4.78, 5) is 12.7. The maximum atomic E-state index is 12.0. The highest BCUT2D eigenvalue weighted by Gasteiger charge is 2.14. The maximum Gasteiger partial charge on any atom is 0.262 e. The first-order valence-electron chi connectivity index (χ1n) is 5.77. The predicted octanol–water partition coefficient (Wildman–Crippen LogP) is 2.53. The largest absolute Gasteiger partial charge is 0.392 e. The quantitative estimate of drug-likeness (QED) is 0.888. The van der Waals surface area contributed by atoms with Gasteiger partial charge in [-0.2, -0.15) is 0 Å². The Balaban J connectivity index is 2.20. The summed E-state index contributed by atoms with van der Waals surface area (Å²) in [6.45, 7) is 1.91. The van der Waals surface area contributed by atoms with Crippen molar-refractivity contribution in [3.05, 3.63) is 46.7 Å². The highest BCUT2D eigenvalue weighted by Crippen LogP contribution is 2.27. The van der Waals surface area contributed by atoms with Crippen LogP contribution >= 0.6 is 11.3 Å². The van der Waals surface area contributed by atoms with Crippen LogP contribution in [0.2, 0.25) is 0 Å². The summed E-state index contributed by atoms with van der Waals surface area (Å²) >= 11 is 1.41. The minimum absolute atomic E-state index is 0.134. The first kappa shape index (κ1) is 12.8. The second kappa shape index (κ2) is 5.80. The van der Waals surface area contributed by atoms with Crippen molar-refractivity contribution in [1.82, 2.24) is 5.32 Å². The van der Waals surface area contributed by atoms with Crippen molar-refractivity contribution < 1.29 is 9.90 Å². The van der Waals surface area contributed by atoms with Crippen LogP contribution in [-0.2, 0) is 0 Å². The Bertz CT molecular complexity index is 520. The van der Waals surface area contributed by atoms with Crippen LogP contribution in [0.25, 0.3) is 11.1 Å². The summed E-state index contributed by atoms with van der Waals surface area (Å²) in [5.74, 6) is -0.134. The standard InChI is InChI=1S/C14H15NO2S/c1-10(16)9-15-14(17)13-12(7-8-18-13)11-5-3-2-4-6-11/h2-8,10,16H,9H2,1H3,(H,15,17)/t10-/m0/s1. The molecule has 1 aromatic carbocycles. The van der Waals surface area contributed by atoms with Gasteiger partial charge in [-0.15, -0.1) is 11.3 Å². The van der Waals surface area contributed by atoms with Crippen molar-refractivity contribution >= 4 is 17.2 Å². The molecule has 18 heavy (non-hydrogen) atoms. The highest BCUT2D eigenvalue weighted by atomic mass is 32.1. The molecule has 0 unspecified atom stereocenters. The first-order chi connectivity index (χ1) is 8.68. The van der Waals surface area contributed by atoms with Crippen LogP contribution in [0.1, 0.15) is 16.6 Å². The van der Waals surface area contributed by atoms with Gasteiger partial charge in [-0.25, -0.2) is 0 Å². The molecule has 2 rings (SSSR count). The summed E-state index contributed by atoms with van der Waals surface area (Å²) in [7, 11) is 0. The van der Waals surface area contributed by atoms with E-state index in [1.54, 1.807) is 6.92 Å². The molecule has 94 valence electrons. The summed E-state index contributed by atoms with van der Waals surface area (Å²) < 4.78 is 0. The Hall–Kier alpha value is -1.65. The Kier molecular flexibility index (Phi) is 4.12. The number of aliphatic hydroxyl groups is 1. The van der Waals surface area contributed by atoms with Gasteiger partial charge < -0.3 is 10.4 Å². The Morgan fingerprint density at radius 1 is 1.33 bits per heavy atom. The van der Waals surface area contributed by atoms with E-state index in [-0.39, 0.29) is 12.5 Å². The van der Waals surface area contributed by atoms with Gasteiger partial charge >= 0.3 is 0 Å². The SMILES string of the molecule is C[C@H](O)CNC(=O)c1sccc1-c1ccccc1. The third-order valence-corrected chi connectivity index (χ3v) is 3.43. The molecule has 1 aromatic heterocycles. The van der Waals surface area contributed by atoms with E-state index in [0.29, 0.717) is 4.88 Å². The van der Waals surface area contributed by atoms with Crippen LogP contribution in [0.4, 0.5) is 0 Å². The Labute approximate surface area is 110 Å². The lowest BCUT2D eigenvalue weighted by Crippen LogP contribution is -2.30. The number of amides is 1. The smallest absolute Gasteiger partial charge is 0.262 e. The molecule has 1 atom stereocenters. The summed E-state index contributed by atoms with van der Waals surface area (Å²) in [5.41, 5.74) is 1.96. The van der Waals surface area contributed by atoms with Gasteiger partial charge in [-0.05, 0) is 23.9 Å². The van der Waals surface area contributed by atoms with Gasteiger partial charge in [0, 0.05) is 12.1 Å². The topological polar surface area (TPSA) is 49.3 Å². The van der Waals surface area contributed by atoms with E-state index < -0.39 is 6.10 Å². The zero-order valence-electron chi connectivity index (χ0n) is 10.1. The van der Waals surface area contributed by atoms with E-state index in [0.717, 1.165) is 11.1 Å². The number of hydrogen-bond donors (Lipinski definition) is 2. The number of nitrogens with one attached hydrogen (secondary N) is 1. The molecule has 0 aliphatic heterocycles. The fraction of sp³-hybridized carbons (Fsp3) is 0.214. The number of benzene rings is 1.